The van der Waals surface area contributed by atoms with E-state index in [1.165, 1.54) is 4.90 Å². The molecule has 0 spiro atoms. The Morgan fingerprint density at radius 3 is 2.28 bits per heavy atom. The fourth-order valence-electron chi connectivity index (χ4n) is 3.47. The van der Waals surface area contributed by atoms with Crippen LogP contribution in [0, 0.1) is 13.8 Å². The van der Waals surface area contributed by atoms with E-state index >= 15 is 0 Å². The molecule has 29 heavy (non-hydrogen) atoms. The van der Waals surface area contributed by atoms with Crippen molar-refractivity contribution in [2.24, 2.45) is 0 Å². The predicted octanol–water partition coefficient (Wildman–Crippen LogP) is 5.34. The number of carbonyl (C=O) groups is 2. The molecule has 2 aromatic carbocycles. The van der Waals surface area contributed by atoms with Crippen LogP contribution in [0.25, 0.3) is 11.8 Å². The molecule has 6 heteroatoms. The summed E-state index contributed by atoms with van der Waals surface area (Å²) >= 11 is 0.969. The lowest BCUT2D eigenvalue weighted by Gasteiger charge is -2.11. The molecule has 146 valence electrons. The van der Waals surface area contributed by atoms with Gasteiger partial charge in [-0.2, -0.15) is 0 Å². The predicted molar refractivity (Wildman–Crippen MR) is 117 cm³/mol. The number of ether oxygens (including phenoxy) is 1. The van der Waals surface area contributed by atoms with Gasteiger partial charge in [0.2, 0.25) is 0 Å². The molecule has 1 saturated heterocycles. The molecule has 0 radical (unpaired) electrons. The van der Waals surface area contributed by atoms with Crippen molar-refractivity contribution in [1.29, 1.82) is 0 Å². The number of hydrogen-bond acceptors (Lipinski definition) is 4. The highest BCUT2D eigenvalue weighted by Crippen LogP contribution is 2.36. The summed E-state index contributed by atoms with van der Waals surface area (Å²) in [5.74, 6) is 0.506. The Labute approximate surface area is 173 Å². The molecule has 2 amide bonds. The molecule has 1 fully saturated rings. The van der Waals surface area contributed by atoms with E-state index in [0.717, 1.165) is 40.2 Å². The standard InChI is InChI=1S/C23H20N2O3S/c1-15-13-17(16(2)24(15)19-9-11-20(28-3)12-10-19)14-21-22(26)25(23(27)29-21)18-7-5-4-6-8-18/h4-14H,1-3H3. The van der Waals surface area contributed by atoms with E-state index in [1.54, 1.807) is 25.3 Å². The molecule has 5 nitrogen and oxygen atoms in total. The molecule has 0 unspecified atom stereocenters. The Kier molecular flexibility index (Phi) is 5.03. The van der Waals surface area contributed by atoms with Crippen molar-refractivity contribution < 1.29 is 14.3 Å². The summed E-state index contributed by atoms with van der Waals surface area (Å²) in [6.07, 6.45) is 1.80. The number of methoxy groups -OCH3 is 1. The third-order valence-electron chi connectivity index (χ3n) is 4.90. The fraction of sp³-hybridized carbons (Fsp3) is 0.130. The fourth-order valence-corrected chi connectivity index (χ4v) is 4.30. The van der Waals surface area contributed by atoms with Gasteiger partial charge in [0.1, 0.15) is 5.75 Å². The SMILES string of the molecule is COc1ccc(-n2c(C)cc(C=C3SC(=O)N(c4ccccc4)C3=O)c2C)cc1. The highest BCUT2D eigenvalue weighted by molar-refractivity contribution is 8.19. The second-order valence-corrected chi connectivity index (χ2v) is 7.71. The van der Waals surface area contributed by atoms with Crippen molar-refractivity contribution in [3.05, 3.63) is 82.5 Å². The number of aryl methyl sites for hydroxylation is 1. The summed E-state index contributed by atoms with van der Waals surface area (Å²) in [5, 5.41) is -0.281. The van der Waals surface area contributed by atoms with E-state index in [4.69, 9.17) is 4.74 Å². The number of nitrogens with zero attached hydrogens (tertiary/aromatic N) is 2. The van der Waals surface area contributed by atoms with Crippen molar-refractivity contribution >= 4 is 34.7 Å². The number of carbonyl (C=O) groups excluding carboxylic acids is 2. The van der Waals surface area contributed by atoms with E-state index in [-0.39, 0.29) is 11.1 Å². The van der Waals surface area contributed by atoms with Crippen LogP contribution in [0.5, 0.6) is 5.75 Å². The first-order chi connectivity index (χ1) is 14.0. The molecule has 0 aliphatic carbocycles. The minimum absolute atomic E-state index is 0.281. The first-order valence-electron chi connectivity index (χ1n) is 9.16. The number of benzene rings is 2. The molecule has 0 saturated carbocycles. The molecule has 4 rings (SSSR count). The van der Waals surface area contributed by atoms with Crippen molar-refractivity contribution in [3.8, 4) is 11.4 Å². The van der Waals surface area contributed by atoms with Gasteiger partial charge in [-0.1, -0.05) is 18.2 Å². The maximum atomic E-state index is 12.9. The van der Waals surface area contributed by atoms with Crippen LogP contribution in [0.4, 0.5) is 10.5 Å². The van der Waals surface area contributed by atoms with E-state index < -0.39 is 0 Å². The summed E-state index contributed by atoms with van der Waals surface area (Å²) in [4.78, 5) is 26.9. The number of anilines is 1. The minimum atomic E-state index is -0.291. The van der Waals surface area contributed by atoms with Gasteiger partial charge in [0.15, 0.2) is 0 Å². The van der Waals surface area contributed by atoms with E-state index in [2.05, 4.69) is 4.57 Å². The van der Waals surface area contributed by atoms with Crippen LogP contribution in [0.3, 0.4) is 0 Å². The van der Waals surface area contributed by atoms with Gasteiger partial charge in [0.05, 0.1) is 17.7 Å². The number of imide groups is 1. The number of amides is 2. The first-order valence-corrected chi connectivity index (χ1v) is 9.97. The molecule has 1 aliphatic rings. The zero-order valence-electron chi connectivity index (χ0n) is 16.4. The van der Waals surface area contributed by atoms with E-state index in [1.807, 2.05) is 62.4 Å². The van der Waals surface area contributed by atoms with Crippen LogP contribution >= 0.6 is 11.8 Å². The molecule has 0 bridgehead atoms. The smallest absolute Gasteiger partial charge is 0.298 e. The van der Waals surface area contributed by atoms with E-state index in [0.29, 0.717) is 10.6 Å². The molecule has 1 aliphatic heterocycles. The third-order valence-corrected chi connectivity index (χ3v) is 5.77. The van der Waals surface area contributed by atoms with Gasteiger partial charge >= 0.3 is 0 Å². The van der Waals surface area contributed by atoms with Gasteiger partial charge in [-0.05, 0) is 79.7 Å². The lowest BCUT2D eigenvalue weighted by molar-refractivity contribution is -0.113. The van der Waals surface area contributed by atoms with Crippen molar-refractivity contribution in [1.82, 2.24) is 4.57 Å². The van der Waals surface area contributed by atoms with Crippen LogP contribution in [0.2, 0.25) is 0 Å². The van der Waals surface area contributed by atoms with E-state index in [9.17, 15) is 9.59 Å². The number of hydrogen-bond donors (Lipinski definition) is 0. The second-order valence-electron chi connectivity index (χ2n) is 6.71. The van der Waals surface area contributed by atoms with Gasteiger partial charge < -0.3 is 9.30 Å². The topological polar surface area (TPSA) is 51.5 Å². The lowest BCUT2D eigenvalue weighted by atomic mass is 10.2. The Morgan fingerprint density at radius 2 is 1.62 bits per heavy atom. The molecule has 2 heterocycles. The summed E-state index contributed by atoms with van der Waals surface area (Å²) in [6, 6.07) is 18.8. The van der Waals surface area contributed by atoms with Gasteiger partial charge in [-0.3, -0.25) is 9.59 Å². The Balaban J connectivity index is 1.68. The summed E-state index contributed by atoms with van der Waals surface area (Å²) in [7, 11) is 1.64. The number of para-hydroxylation sites is 1. The molecular formula is C23H20N2O3S. The summed E-state index contributed by atoms with van der Waals surface area (Å²) < 4.78 is 7.35. The van der Waals surface area contributed by atoms with Gasteiger partial charge in [0, 0.05) is 17.1 Å². The summed E-state index contributed by atoms with van der Waals surface area (Å²) in [5.41, 5.74) is 4.55. The second kappa shape index (κ2) is 7.64. The monoisotopic (exact) mass is 404 g/mol. The Hall–Kier alpha value is -3.25. The average Bonchev–Trinajstić information content (AvgIpc) is 3.17. The minimum Gasteiger partial charge on any atom is -0.497 e. The van der Waals surface area contributed by atoms with Crippen LogP contribution in [-0.4, -0.2) is 22.8 Å². The van der Waals surface area contributed by atoms with Gasteiger partial charge in [0.25, 0.3) is 11.1 Å². The third kappa shape index (κ3) is 3.47. The molecular weight excluding hydrogens is 384 g/mol. The zero-order chi connectivity index (χ0) is 20.5. The van der Waals surface area contributed by atoms with Crippen LogP contribution in [-0.2, 0) is 4.79 Å². The number of thioether (sulfide) groups is 1. The first kappa shape index (κ1) is 19.1. The average molecular weight is 404 g/mol. The van der Waals surface area contributed by atoms with Gasteiger partial charge in [-0.25, -0.2) is 4.90 Å². The number of rotatable bonds is 4. The molecule has 0 atom stereocenters. The van der Waals surface area contributed by atoms with Crippen molar-refractivity contribution in [2.45, 2.75) is 13.8 Å². The summed E-state index contributed by atoms with van der Waals surface area (Å²) in [6.45, 7) is 4.02. The van der Waals surface area contributed by atoms with Crippen LogP contribution in [0.15, 0.2) is 65.6 Å². The molecule has 1 aromatic heterocycles. The zero-order valence-corrected chi connectivity index (χ0v) is 17.2. The maximum absolute atomic E-state index is 12.9. The number of aromatic nitrogens is 1. The van der Waals surface area contributed by atoms with Crippen molar-refractivity contribution in [2.75, 3.05) is 12.0 Å². The van der Waals surface area contributed by atoms with Gasteiger partial charge in [-0.15, -0.1) is 0 Å². The Bertz CT molecular complexity index is 1120. The van der Waals surface area contributed by atoms with Crippen LogP contribution in [0.1, 0.15) is 17.0 Å². The molecule has 0 N–H and O–H groups in total. The highest BCUT2D eigenvalue weighted by atomic mass is 32.2. The maximum Gasteiger partial charge on any atom is 0.298 e. The normalized spacial score (nSPS) is 15.4. The van der Waals surface area contributed by atoms with Crippen LogP contribution < -0.4 is 9.64 Å². The van der Waals surface area contributed by atoms with Crippen molar-refractivity contribution in [3.63, 3.8) is 0 Å². The Morgan fingerprint density at radius 1 is 0.931 bits per heavy atom. The quantitative estimate of drug-likeness (QED) is 0.551. The lowest BCUT2D eigenvalue weighted by Crippen LogP contribution is -2.27. The largest absolute Gasteiger partial charge is 0.497 e. The highest BCUT2D eigenvalue weighted by Gasteiger charge is 2.36. The molecule has 3 aromatic rings.